The Morgan fingerprint density at radius 2 is 1.85 bits per heavy atom. The summed E-state index contributed by atoms with van der Waals surface area (Å²) in [4.78, 5) is 4.04. The predicted octanol–water partition coefficient (Wildman–Crippen LogP) is 2.88. The molecule has 13 heavy (non-hydrogen) atoms. The SMILES string of the molecule is CN=C(C)c1cc(F)c(C)cc1C. The van der Waals surface area contributed by atoms with Crippen LogP contribution in [-0.4, -0.2) is 12.8 Å². The largest absolute Gasteiger partial charge is 0.293 e. The number of aryl methyl sites for hydroxylation is 2. The molecule has 0 radical (unpaired) electrons. The highest BCUT2D eigenvalue weighted by atomic mass is 19.1. The second-order valence-electron chi connectivity index (χ2n) is 3.23. The minimum atomic E-state index is -0.163. The van der Waals surface area contributed by atoms with Crippen molar-refractivity contribution in [3.05, 3.63) is 34.6 Å². The molecule has 0 saturated heterocycles. The molecule has 1 rings (SSSR count). The second-order valence-corrected chi connectivity index (χ2v) is 3.23. The highest BCUT2D eigenvalue weighted by Gasteiger charge is 2.05. The van der Waals surface area contributed by atoms with E-state index in [1.54, 1.807) is 20.0 Å². The number of hydrogen-bond acceptors (Lipinski definition) is 1. The minimum Gasteiger partial charge on any atom is -0.293 e. The molecule has 0 aliphatic carbocycles. The Bertz CT molecular complexity index is 353. The van der Waals surface area contributed by atoms with Crippen LogP contribution in [0.4, 0.5) is 4.39 Å². The van der Waals surface area contributed by atoms with Crippen LogP contribution in [0.5, 0.6) is 0 Å². The van der Waals surface area contributed by atoms with Gasteiger partial charge in [0.25, 0.3) is 0 Å². The topological polar surface area (TPSA) is 12.4 Å². The monoisotopic (exact) mass is 179 g/mol. The summed E-state index contributed by atoms with van der Waals surface area (Å²) < 4.78 is 13.2. The van der Waals surface area contributed by atoms with Gasteiger partial charge in [0, 0.05) is 18.3 Å². The summed E-state index contributed by atoms with van der Waals surface area (Å²) in [7, 11) is 1.71. The van der Waals surface area contributed by atoms with E-state index in [-0.39, 0.29) is 5.82 Å². The quantitative estimate of drug-likeness (QED) is 0.588. The van der Waals surface area contributed by atoms with Gasteiger partial charge in [-0.05, 0) is 38.0 Å². The molecule has 0 aliphatic heterocycles. The van der Waals surface area contributed by atoms with Crippen molar-refractivity contribution in [2.45, 2.75) is 20.8 Å². The fourth-order valence-corrected chi connectivity index (χ4v) is 1.34. The minimum absolute atomic E-state index is 0.163. The number of benzene rings is 1. The second kappa shape index (κ2) is 3.69. The van der Waals surface area contributed by atoms with Crippen molar-refractivity contribution in [1.82, 2.24) is 0 Å². The summed E-state index contributed by atoms with van der Waals surface area (Å²) in [6.07, 6.45) is 0. The van der Waals surface area contributed by atoms with E-state index >= 15 is 0 Å². The summed E-state index contributed by atoms with van der Waals surface area (Å²) in [6.45, 7) is 5.62. The van der Waals surface area contributed by atoms with Gasteiger partial charge in [-0.2, -0.15) is 0 Å². The first-order valence-corrected chi connectivity index (χ1v) is 4.26. The average Bonchev–Trinajstić information content (AvgIpc) is 2.10. The Morgan fingerprint density at radius 3 is 2.38 bits per heavy atom. The summed E-state index contributed by atoms with van der Waals surface area (Å²) in [5, 5.41) is 0. The third kappa shape index (κ3) is 1.94. The van der Waals surface area contributed by atoms with Crippen LogP contribution in [0.15, 0.2) is 17.1 Å². The zero-order valence-corrected chi connectivity index (χ0v) is 8.48. The third-order valence-electron chi connectivity index (χ3n) is 2.23. The number of rotatable bonds is 1. The molecule has 1 nitrogen and oxygen atoms in total. The van der Waals surface area contributed by atoms with Gasteiger partial charge in [0.05, 0.1) is 0 Å². The summed E-state index contributed by atoms with van der Waals surface area (Å²) >= 11 is 0. The van der Waals surface area contributed by atoms with E-state index in [1.807, 2.05) is 19.9 Å². The van der Waals surface area contributed by atoms with Gasteiger partial charge in [0.1, 0.15) is 5.82 Å². The van der Waals surface area contributed by atoms with E-state index in [4.69, 9.17) is 0 Å². The maximum absolute atomic E-state index is 13.2. The van der Waals surface area contributed by atoms with Gasteiger partial charge >= 0.3 is 0 Å². The van der Waals surface area contributed by atoms with E-state index in [0.717, 1.165) is 16.8 Å². The lowest BCUT2D eigenvalue weighted by molar-refractivity contribution is 0.617. The molecule has 0 saturated carbocycles. The standard InChI is InChI=1S/C11H14FN/c1-7-5-8(2)11(12)6-10(7)9(3)13-4/h5-6H,1-4H3. The molecule has 1 aromatic carbocycles. The molecule has 70 valence electrons. The first-order valence-electron chi connectivity index (χ1n) is 4.26. The molecule has 0 atom stereocenters. The Labute approximate surface area is 78.3 Å². The van der Waals surface area contributed by atoms with Crippen LogP contribution in [0.1, 0.15) is 23.6 Å². The van der Waals surface area contributed by atoms with Crippen LogP contribution in [0.2, 0.25) is 0 Å². The van der Waals surface area contributed by atoms with Crippen molar-refractivity contribution in [2.24, 2.45) is 4.99 Å². The van der Waals surface area contributed by atoms with Crippen molar-refractivity contribution in [3.63, 3.8) is 0 Å². The molecule has 0 fully saturated rings. The molecule has 0 aliphatic rings. The van der Waals surface area contributed by atoms with Gasteiger partial charge in [-0.15, -0.1) is 0 Å². The van der Waals surface area contributed by atoms with E-state index in [2.05, 4.69) is 4.99 Å². The van der Waals surface area contributed by atoms with Crippen LogP contribution in [0.25, 0.3) is 0 Å². The Morgan fingerprint density at radius 1 is 1.23 bits per heavy atom. The summed E-state index contributed by atoms with van der Waals surface area (Å²) in [5.74, 6) is -0.163. The number of hydrogen-bond donors (Lipinski definition) is 0. The maximum Gasteiger partial charge on any atom is 0.126 e. The maximum atomic E-state index is 13.2. The number of nitrogens with zero attached hydrogens (tertiary/aromatic N) is 1. The molecule has 0 bridgehead atoms. The summed E-state index contributed by atoms with van der Waals surface area (Å²) in [5.41, 5.74) is 3.52. The van der Waals surface area contributed by atoms with Gasteiger partial charge in [0.2, 0.25) is 0 Å². The average molecular weight is 179 g/mol. The van der Waals surface area contributed by atoms with E-state index in [0.29, 0.717) is 5.56 Å². The normalized spacial score (nSPS) is 11.9. The first kappa shape index (κ1) is 9.90. The van der Waals surface area contributed by atoms with E-state index < -0.39 is 0 Å². The Kier molecular flexibility index (Phi) is 2.81. The lowest BCUT2D eigenvalue weighted by atomic mass is 10.0. The van der Waals surface area contributed by atoms with Crippen LogP contribution < -0.4 is 0 Å². The molecule has 0 spiro atoms. The lowest BCUT2D eigenvalue weighted by Crippen LogP contribution is -2.00. The Hall–Kier alpha value is -1.18. The zero-order valence-electron chi connectivity index (χ0n) is 8.48. The third-order valence-corrected chi connectivity index (χ3v) is 2.23. The molecular weight excluding hydrogens is 165 g/mol. The molecule has 1 aromatic rings. The predicted molar refractivity (Wildman–Crippen MR) is 54.0 cm³/mol. The van der Waals surface area contributed by atoms with Crippen molar-refractivity contribution in [2.75, 3.05) is 7.05 Å². The fraction of sp³-hybridized carbons (Fsp3) is 0.364. The van der Waals surface area contributed by atoms with Crippen LogP contribution in [0.3, 0.4) is 0 Å². The van der Waals surface area contributed by atoms with E-state index in [1.165, 1.54) is 0 Å². The molecule has 0 amide bonds. The van der Waals surface area contributed by atoms with Crippen molar-refractivity contribution in [3.8, 4) is 0 Å². The summed E-state index contributed by atoms with van der Waals surface area (Å²) in [6, 6.07) is 3.40. The van der Waals surface area contributed by atoms with Gasteiger partial charge in [-0.25, -0.2) is 4.39 Å². The van der Waals surface area contributed by atoms with Crippen LogP contribution in [0, 0.1) is 19.7 Å². The fourth-order valence-electron chi connectivity index (χ4n) is 1.34. The van der Waals surface area contributed by atoms with Gasteiger partial charge in [-0.1, -0.05) is 6.07 Å². The highest BCUT2D eigenvalue weighted by molar-refractivity contribution is 5.99. The lowest BCUT2D eigenvalue weighted by Gasteiger charge is -2.06. The van der Waals surface area contributed by atoms with E-state index in [9.17, 15) is 4.39 Å². The van der Waals surface area contributed by atoms with Gasteiger partial charge < -0.3 is 0 Å². The molecule has 0 heterocycles. The molecule has 0 aromatic heterocycles. The van der Waals surface area contributed by atoms with Crippen LogP contribution in [-0.2, 0) is 0 Å². The molecule has 0 N–H and O–H groups in total. The molecule has 2 heteroatoms. The van der Waals surface area contributed by atoms with Crippen molar-refractivity contribution < 1.29 is 4.39 Å². The Balaban J connectivity index is 3.32. The first-order chi connectivity index (χ1) is 6.06. The molecule has 0 unspecified atom stereocenters. The number of halogens is 1. The smallest absolute Gasteiger partial charge is 0.126 e. The van der Waals surface area contributed by atoms with Gasteiger partial charge in [-0.3, -0.25) is 4.99 Å². The highest BCUT2D eigenvalue weighted by Crippen LogP contribution is 2.15. The van der Waals surface area contributed by atoms with Crippen molar-refractivity contribution in [1.29, 1.82) is 0 Å². The zero-order chi connectivity index (χ0) is 10.0. The van der Waals surface area contributed by atoms with Gasteiger partial charge in [0.15, 0.2) is 0 Å². The van der Waals surface area contributed by atoms with Crippen molar-refractivity contribution >= 4 is 5.71 Å². The molecular formula is C11H14FN. The van der Waals surface area contributed by atoms with Crippen LogP contribution >= 0.6 is 0 Å². The number of aliphatic imine (C=N–C) groups is 1.